The molecule has 0 saturated carbocycles. The highest BCUT2D eigenvalue weighted by Gasteiger charge is 2.21. The van der Waals surface area contributed by atoms with Crippen molar-refractivity contribution in [2.24, 2.45) is 5.92 Å². The van der Waals surface area contributed by atoms with Gasteiger partial charge in [0.1, 0.15) is 17.5 Å². The van der Waals surface area contributed by atoms with Gasteiger partial charge in [0.05, 0.1) is 6.61 Å². The summed E-state index contributed by atoms with van der Waals surface area (Å²) in [5.74, 6) is 1.60. The van der Waals surface area contributed by atoms with Crippen LogP contribution in [0.1, 0.15) is 36.6 Å². The Kier molecular flexibility index (Phi) is 4.39. The molecule has 0 spiro atoms. The van der Waals surface area contributed by atoms with Crippen LogP contribution in [0.5, 0.6) is 0 Å². The first kappa shape index (κ1) is 13.8. The van der Waals surface area contributed by atoms with Gasteiger partial charge < -0.3 is 9.64 Å². The van der Waals surface area contributed by atoms with Crippen LogP contribution in [0.4, 0.5) is 5.82 Å². The SMILES string of the molecule is COCc1cc(C)nc(N2CCC(C)CC2)c1C#N. The molecule has 2 rings (SSSR count). The van der Waals surface area contributed by atoms with Crippen LogP contribution in [0.15, 0.2) is 6.07 Å². The number of aromatic nitrogens is 1. The van der Waals surface area contributed by atoms with Gasteiger partial charge in [-0.1, -0.05) is 6.92 Å². The third-order valence-electron chi connectivity index (χ3n) is 3.70. The Labute approximate surface area is 115 Å². The van der Waals surface area contributed by atoms with Gasteiger partial charge in [-0.25, -0.2) is 4.98 Å². The summed E-state index contributed by atoms with van der Waals surface area (Å²) in [6, 6.07) is 4.24. The van der Waals surface area contributed by atoms with E-state index < -0.39 is 0 Å². The second kappa shape index (κ2) is 6.03. The molecule has 0 bridgehead atoms. The number of pyridine rings is 1. The van der Waals surface area contributed by atoms with Crippen LogP contribution in [0.2, 0.25) is 0 Å². The second-order valence-electron chi connectivity index (χ2n) is 5.34. The molecule has 0 N–H and O–H groups in total. The summed E-state index contributed by atoms with van der Waals surface area (Å²) in [6.07, 6.45) is 2.33. The number of rotatable bonds is 3. The molecule has 102 valence electrons. The summed E-state index contributed by atoms with van der Waals surface area (Å²) in [6.45, 7) is 6.68. The van der Waals surface area contributed by atoms with Crippen LogP contribution >= 0.6 is 0 Å². The smallest absolute Gasteiger partial charge is 0.147 e. The van der Waals surface area contributed by atoms with Crippen LogP contribution in [0, 0.1) is 24.2 Å². The Hall–Kier alpha value is -1.60. The van der Waals surface area contributed by atoms with E-state index in [0.717, 1.165) is 36.1 Å². The summed E-state index contributed by atoms with van der Waals surface area (Å²) in [7, 11) is 1.65. The topological polar surface area (TPSA) is 49.1 Å². The summed E-state index contributed by atoms with van der Waals surface area (Å²) < 4.78 is 5.19. The average molecular weight is 259 g/mol. The van der Waals surface area contributed by atoms with Crippen molar-refractivity contribution in [1.82, 2.24) is 4.98 Å². The molecule has 4 heteroatoms. The monoisotopic (exact) mass is 259 g/mol. The maximum absolute atomic E-state index is 9.43. The Morgan fingerprint density at radius 1 is 1.47 bits per heavy atom. The molecule has 4 nitrogen and oxygen atoms in total. The fraction of sp³-hybridized carbons (Fsp3) is 0.600. The van der Waals surface area contributed by atoms with Gasteiger partial charge in [-0.2, -0.15) is 5.26 Å². The second-order valence-corrected chi connectivity index (χ2v) is 5.34. The van der Waals surface area contributed by atoms with Gasteiger partial charge in [-0.05, 0) is 31.7 Å². The molecule has 1 aromatic heterocycles. The maximum Gasteiger partial charge on any atom is 0.147 e. The third kappa shape index (κ3) is 3.05. The lowest BCUT2D eigenvalue weighted by Gasteiger charge is -2.32. The zero-order valence-electron chi connectivity index (χ0n) is 11.9. The van der Waals surface area contributed by atoms with Crippen molar-refractivity contribution in [2.45, 2.75) is 33.3 Å². The minimum Gasteiger partial charge on any atom is -0.380 e. The highest BCUT2D eigenvalue weighted by Crippen LogP contribution is 2.27. The molecule has 19 heavy (non-hydrogen) atoms. The van der Waals surface area contributed by atoms with E-state index >= 15 is 0 Å². The zero-order valence-corrected chi connectivity index (χ0v) is 11.9. The minimum atomic E-state index is 0.462. The largest absolute Gasteiger partial charge is 0.380 e. The fourth-order valence-electron chi connectivity index (χ4n) is 2.56. The molecule has 2 heterocycles. The lowest BCUT2D eigenvalue weighted by molar-refractivity contribution is 0.184. The Balaban J connectivity index is 2.36. The number of aryl methyl sites for hydroxylation is 1. The van der Waals surface area contributed by atoms with Gasteiger partial charge in [-0.3, -0.25) is 0 Å². The molecule has 1 aromatic rings. The number of nitrogens with zero attached hydrogens (tertiary/aromatic N) is 3. The van der Waals surface area contributed by atoms with Gasteiger partial charge in [0.15, 0.2) is 0 Å². The molecule has 1 aliphatic heterocycles. The quantitative estimate of drug-likeness (QED) is 0.837. The van der Waals surface area contributed by atoms with Crippen molar-refractivity contribution in [3.05, 3.63) is 22.9 Å². The van der Waals surface area contributed by atoms with E-state index in [1.807, 2.05) is 13.0 Å². The number of nitriles is 1. The van der Waals surface area contributed by atoms with E-state index in [9.17, 15) is 5.26 Å². The number of methoxy groups -OCH3 is 1. The molecular formula is C15H21N3O. The Morgan fingerprint density at radius 3 is 2.74 bits per heavy atom. The summed E-state index contributed by atoms with van der Waals surface area (Å²) in [4.78, 5) is 6.82. The van der Waals surface area contributed by atoms with Crippen molar-refractivity contribution < 1.29 is 4.74 Å². The summed E-state index contributed by atoms with van der Waals surface area (Å²) in [5, 5.41) is 9.43. The number of hydrogen-bond acceptors (Lipinski definition) is 4. The standard InChI is InChI=1S/C15H21N3O/c1-11-4-6-18(7-5-11)15-14(9-16)13(10-19-3)8-12(2)17-15/h8,11H,4-7,10H2,1-3H3. The van der Waals surface area contributed by atoms with Crippen molar-refractivity contribution in [2.75, 3.05) is 25.1 Å². The molecule has 0 aromatic carbocycles. The van der Waals surface area contributed by atoms with E-state index in [1.54, 1.807) is 7.11 Å². The van der Waals surface area contributed by atoms with Gasteiger partial charge in [0.2, 0.25) is 0 Å². The van der Waals surface area contributed by atoms with E-state index in [0.29, 0.717) is 12.2 Å². The van der Waals surface area contributed by atoms with Crippen molar-refractivity contribution in [3.63, 3.8) is 0 Å². The fourth-order valence-corrected chi connectivity index (χ4v) is 2.56. The van der Waals surface area contributed by atoms with Gasteiger partial charge in [0, 0.05) is 31.5 Å². The lowest BCUT2D eigenvalue weighted by atomic mass is 9.98. The van der Waals surface area contributed by atoms with E-state index in [4.69, 9.17) is 4.74 Å². The van der Waals surface area contributed by atoms with Crippen molar-refractivity contribution in [1.29, 1.82) is 5.26 Å². The highest BCUT2D eigenvalue weighted by atomic mass is 16.5. The van der Waals surface area contributed by atoms with Crippen LogP contribution in [-0.4, -0.2) is 25.2 Å². The molecule has 0 radical (unpaired) electrons. The maximum atomic E-state index is 9.43. The van der Waals surface area contributed by atoms with E-state index in [-0.39, 0.29) is 0 Å². The first-order valence-electron chi connectivity index (χ1n) is 6.80. The number of piperidine rings is 1. The third-order valence-corrected chi connectivity index (χ3v) is 3.70. The van der Waals surface area contributed by atoms with Gasteiger partial charge in [-0.15, -0.1) is 0 Å². The first-order valence-corrected chi connectivity index (χ1v) is 6.80. The van der Waals surface area contributed by atoms with Crippen LogP contribution in [0.25, 0.3) is 0 Å². The van der Waals surface area contributed by atoms with Crippen molar-refractivity contribution in [3.8, 4) is 6.07 Å². The molecular weight excluding hydrogens is 238 g/mol. The Morgan fingerprint density at radius 2 is 2.16 bits per heavy atom. The number of ether oxygens (including phenoxy) is 1. The summed E-state index contributed by atoms with van der Waals surface area (Å²) >= 11 is 0. The Bertz CT molecular complexity index is 485. The lowest BCUT2D eigenvalue weighted by Crippen LogP contribution is -2.34. The predicted octanol–water partition coefficient (Wildman–Crippen LogP) is 2.64. The molecule has 0 amide bonds. The number of anilines is 1. The van der Waals surface area contributed by atoms with Crippen LogP contribution in [-0.2, 0) is 11.3 Å². The van der Waals surface area contributed by atoms with Gasteiger partial charge >= 0.3 is 0 Å². The summed E-state index contributed by atoms with van der Waals surface area (Å²) in [5.41, 5.74) is 2.55. The molecule has 1 aliphatic rings. The van der Waals surface area contributed by atoms with Gasteiger partial charge in [0.25, 0.3) is 0 Å². The predicted molar refractivity (Wildman–Crippen MR) is 75.0 cm³/mol. The van der Waals surface area contributed by atoms with Crippen LogP contribution < -0.4 is 4.90 Å². The molecule has 1 saturated heterocycles. The van der Waals surface area contributed by atoms with E-state index in [1.165, 1.54) is 12.8 Å². The minimum absolute atomic E-state index is 0.462. The average Bonchev–Trinajstić information content (AvgIpc) is 2.39. The number of hydrogen-bond donors (Lipinski definition) is 0. The normalized spacial score (nSPS) is 16.4. The molecule has 1 fully saturated rings. The molecule has 0 unspecified atom stereocenters. The molecule has 0 aliphatic carbocycles. The van der Waals surface area contributed by atoms with Crippen LogP contribution in [0.3, 0.4) is 0 Å². The van der Waals surface area contributed by atoms with Crippen molar-refractivity contribution >= 4 is 5.82 Å². The first-order chi connectivity index (χ1) is 9.15. The highest BCUT2D eigenvalue weighted by molar-refractivity contribution is 5.58. The molecule has 0 atom stereocenters. The zero-order chi connectivity index (χ0) is 13.8. The van der Waals surface area contributed by atoms with E-state index in [2.05, 4.69) is 22.9 Å².